The molecule has 176 valence electrons. The largest absolute Gasteiger partial charge is 0.372 e. The highest BCUT2D eigenvalue weighted by molar-refractivity contribution is 7.92. The molecule has 1 heterocycles. The fourth-order valence-electron chi connectivity index (χ4n) is 5.22. The van der Waals surface area contributed by atoms with Crippen molar-refractivity contribution in [1.82, 2.24) is 0 Å². The first-order valence-electron chi connectivity index (χ1n) is 12.2. The number of hydrogen-bond donors (Lipinski definition) is 0. The molecule has 2 fully saturated rings. The smallest absolute Gasteiger partial charge is 0.155 e. The third-order valence-electron chi connectivity index (χ3n) is 7.22. The Morgan fingerprint density at radius 1 is 1.00 bits per heavy atom. The Bertz CT molecular complexity index is 825. The third-order valence-corrected chi connectivity index (χ3v) is 9.99. The SMILES string of the molecule is Cc1cc(CCC2CCC(CS(=O)(=O)C(C)(C)C)CC2)ccc1N1C[C@@H](C)O[C@@H](C)C1. The van der Waals surface area contributed by atoms with E-state index in [1.54, 1.807) is 0 Å². The Balaban J connectivity index is 1.49. The van der Waals surface area contributed by atoms with E-state index in [1.807, 2.05) is 20.8 Å². The van der Waals surface area contributed by atoms with Gasteiger partial charge < -0.3 is 9.64 Å². The summed E-state index contributed by atoms with van der Waals surface area (Å²) in [6.07, 6.45) is 7.34. The molecule has 1 saturated heterocycles. The van der Waals surface area contributed by atoms with E-state index in [1.165, 1.54) is 36.1 Å². The average molecular weight is 450 g/mol. The molecule has 1 aromatic carbocycles. The van der Waals surface area contributed by atoms with Crippen molar-refractivity contribution in [2.75, 3.05) is 23.7 Å². The highest BCUT2D eigenvalue weighted by Gasteiger charge is 2.33. The number of nitrogens with zero attached hydrogens (tertiary/aromatic N) is 1. The van der Waals surface area contributed by atoms with E-state index in [0.717, 1.165) is 38.3 Å². The quantitative estimate of drug-likeness (QED) is 0.570. The maximum absolute atomic E-state index is 12.5. The van der Waals surface area contributed by atoms with Crippen molar-refractivity contribution < 1.29 is 13.2 Å². The van der Waals surface area contributed by atoms with Gasteiger partial charge in [-0.3, -0.25) is 0 Å². The Hall–Kier alpha value is -1.07. The van der Waals surface area contributed by atoms with Gasteiger partial charge >= 0.3 is 0 Å². The maximum Gasteiger partial charge on any atom is 0.155 e. The molecule has 1 saturated carbocycles. The van der Waals surface area contributed by atoms with Crippen molar-refractivity contribution in [3.63, 3.8) is 0 Å². The highest BCUT2D eigenvalue weighted by atomic mass is 32.2. The van der Waals surface area contributed by atoms with Crippen LogP contribution in [0.5, 0.6) is 0 Å². The van der Waals surface area contributed by atoms with Gasteiger partial charge in [0.05, 0.1) is 22.7 Å². The molecule has 0 unspecified atom stereocenters. The molecule has 1 aliphatic carbocycles. The molecule has 31 heavy (non-hydrogen) atoms. The van der Waals surface area contributed by atoms with Gasteiger partial charge in [0.1, 0.15) is 0 Å². The van der Waals surface area contributed by atoms with Gasteiger partial charge in [0.15, 0.2) is 9.84 Å². The van der Waals surface area contributed by atoms with Gasteiger partial charge in [0.25, 0.3) is 0 Å². The van der Waals surface area contributed by atoms with Crippen LogP contribution in [-0.4, -0.2) is 44.2 Å². The van der Waals surface area contributed by atoms with Gasteiger partial charge in [0, 0.05) is 18.8 Å². The minimum absolute atomic E-state index is 0.274. The summed E-state index contributed by atoms with van der Waals surface area (Å²) in [4.78, 5) is 2.46. The Morgan fingerprint density at radius 3 is 2.13 bits per heavy atom. The summed E-state index contributed by atoms with van der Waals surface area (Å²) in [5.41, 5.74) is 4.12. The molecule has 1 aromatic rings. The second-order valence-corrected chi connectivity index (χ2v) is 13.9. The van der Waals surface area contributed by atoms with E-state index in [0.29, 0.717) is 11.7 Å². The average Bonchev–Trinajstić information content (AvgIpc) is 2.65. The fraction of sp³-hybridized carbons (Fsp3) is 0.769. The molecule has 1 aliphatic heterocycles. The lowest BCUT2D eigenvalue weighted by atomic mass is 9.80. The summed E-state index contributed by atoms with van der Waals surface area (Å²) in [7, 11) is -3.01. The van der Waals surface area contributed by atoms with E-state index >= 15 is 0 Å². The summed E-state index contributed by atoms with van der Waals surface area (Å²) < 4.78 is 30.3. The summed E-state index contributed by atoms with van der Waals surface area (Å²) in [5.74, 6) is 1.44. The normalized spacial score (nSPS) is 28.0. The molecule has 3 rings (SSSR count). The number of morpholine rings is 1. The first-order valence-corrected chi connectivity index (χ1v) is 13.8. The Morgan fingerprint density at radius 2 is 1.58 bits per heavy atom. The molecule has 0 bridgehead atoms. The van der Waals surface area contributed by atoms with Crippen LogP contribution < -0.4 is 4.90 Å². The molecule has 0 aromatic heterocycles. The van der Waals surface area contributed by atoms with Gasteiger partial charge in [-0.15, -0.1) is 0 Å². The van der Waals surface area contributed by atoms with E-state index in [2.05, 4.69) is 43.9 Å². The van der Waals surface area contributed by atoms with E-state index in [9.17, 15) is 8.42 Å². The summed E-state index contributed by atoms with van der Waals surface area (Å²) in [6, 6.07) is 6.96. The van der Waals surface area contributed by atoms with Gasteiger partial charge in [0.2, 0.25) is 0 Å². The number of sulfone groups is 1. The molecular weight excluding hydrogens is 406 g/mol. The number of rotatable bonds is 6. The van der Waals surface area contributed by atoms with Gasteiger partial charge in [-0.1, -0.05) is 25.0 Å². The van der Waals surface area contributed by atoms with Crippen LogP contribution in [0.3, 0.4) is 0 Å². The van der Waals surface area contributed by atoms with Gasteiger partial charge in [-0.05, 0) is 96.3 Å². The summed E-state index contributed by atoms with van der Waals surface area (Å²) in [5, 5.41) is 0. The van der Waals surface area contributed by atoms with Gasteiger partial charge in [-0.2, -0.15) is 0 Å². The van der Waals surface area contributed by atoms with Crippen molar-refractivity contribution in [3.05, 3.63) is 29.3 Å². The van der Waals surface area contributed by atoms with E-state index in [-0.39, 0.29) is 12.2 Å². The van der Waals surface area contributed by atoms with Crippen molar-refractivity contribution in [2.45, 2.75) is 97.0 Å². The molecule has 2 atom stereocenters. The molecule has 0 amide bonds. The first kappa shape index (κ1) is 24.6. The van der Waals surface area contributed by atoms with Crippen LogP contribution in [0, 0.1) is 18.8 Å². The van der Waals surface area contributed by atoms with Crippen molar-refractivity contribution >= 4 is 15.5 Å². The second-order valence-electron chi connectivity index (χ2n) is 11.1. The lowest BCUT2D eigenvalue weighted by molar-refractivity contribution is -0.00524. The number of aryl methyl sites for hydroxylation is 2. The van der Waals surface area contributed by atoms with E-state index in [4.69, 9.17) is 4.74 Å². The number of benzene rings is 1. The van der Waals surface area contributed by atoms with Crippen LogP contribution in [0.4, 0.5) is 5.69 Å². The maximum atomic E-state index is 12.5. The fourth-order valence-corrected chi connectivity index (χ4v) is 6.67. The molecular formula is C26H43NO3S. The van der Waals surface area contributed by atoms with E-state index < -0.39 is 14.6 Å². The number of anilines is 1. The lowest BCUT2D eigenvalue weighted by Crippen LogP contribution is -2.45. The van der Waals surface area contributed by atoms with Crippen LogP contribution in [0.25, 0.3) is 0 Å². The van der Waals surface area contributed by atoms with Crippen molar-refractivity contribution in [1.29, 1.82) is 0 Å². The second kappa shape index (κ2) is 9.82. The lowest BCUT2D eigenvalue weighted by Gasteiger charge is -2.37. The molecule has 0 N–H and O–H groups in total. The third kappa shape index (κ3) is 6.47. The molecule has 4 nitrogen and oxygen atoms in total. The topological polar surface area (TPSA) is 46.6 Å². The zero-order chi connectivity index (χ0) is 22.8. The number of hydrogen-bond acceptors (Lipinski definition) is 4. The van der Waals surface area contributed by atoms with Crippen molar-refractivity contribution in [3.8, 4) is 0 Å². The zero-order valence-electron chi connectivity index (χ0n) is 20.5. The molecule has 0 radical (unpaired) electrons. The molecule has 5 heteroatoms. The number of ether oxygens (including phenoxy) is 1. The standard InChI is InChI=1S/C26H43NO3S/c1-19-15-23(13-14-25(19)27-16-20(2)30-21(3)17-27)10-7-22-8-11-24(12-9-22)18-31(28,29)26(4,5)6/h13-15,20-22,24H,7-12,16-18H2,1-6H3/t20-,21+,22?,24?. The van der Waals surface area contributed by atoms with Crippen LogP contribution in [0.1, 0.15) is 77.8 Å². The Kier molecular flexibility index (Phi) is 7.79. The minimum Gasteiger partial charge on any atom is -0.372 e. The minimum atomic E-state index is -3.01. The first-order chi connectivity index (χ1) is 14.4. The Labute approximate surface area is 190 Å². The zero-order valence-corrected chi connectivity index (χ0v) is 21.3. The van der Waals surface area contributed by atoms with Crippen LogP contribution in [0.15, 0.2) is 18.2 Å². The van der Waals surface area contributed by atoms with Crippen LogP contribution in [0.2, 0.25) is 0 Å². The highest BCUT2D eigenvalue weighted by Crippen LogP contribution is 2.34. The van der Waals surface area contributed by atoms with Crippen LogP contribution in [-0.2, 0) is 21.0 Å². The molecule has 2 aliphatic rings. The predicted octanol–water partition coefficient (Wildman–Crippen LogP) is 5.56. The molecule has 0 spiro atoms. The monoisotopic (exact) mass is 449 g/mol. The van der Waals surface area contributed by atoms with Gasteiger partial charge in [-0.25, -0.2) is 8.42 Å². The summed E-state index contributed by atoms with van der Waals surface area (Å²) >= 11 is 0. The van der Waals surface area contributed by atoms with Crippen LogP contribution >= 0.6 is 0 Å². The van der Waals surface area contributed by atoms with Crippen molar-refractivity contribution in [2.24, 2.45) is 11.8 Å². The summed E-state index contributed by atoms with van der Waals surface area (Å²) in [6.45, 7) is 13.9. The predicted molar refractivity (Wildman–Crippen MR) is 131 cm³/mol.